The Morgan fingerprint density at radius 3 is 2.48 bits per heavy atom. The fourth-order valence-corrected chi connectivity index (χ4v) is 2.70. The van der Waals surface area contributed by atoms with Crippen LogP contribution >= 0.6 is 11.6 Å². The Balaban J connectivity index is 2.15. The molecule has 7 nitrogen and oxygen atoms in total. The van der Waals surface area contributed by atoms with Crippen molar-refractivity contribution in [1.29, 1.82) is 0 Å². The van der Waals surface area contributed by atoms with Crippen LogP contribution in [0.2, 0.25) is 5.02 Å². The second kappa shape index (κ2) is 6.54. The summed E-state index contributed by atoms with van der Waals surface area (Å²) in [5, 5.41) is 12.3. The number of nitrogens with zero attached hydrogens (tertiary/aromatic N) is 1. The van der Waals surface area contributed by atoms with E-state index in [-0.39, 0.29) is 6.54 Å². The van der Waals surface area contributed by atoms with Crippen molar-refractivity contribution < 1.29 is 24.2 Å². The molecule has 0 spiro atoms. The number of halogens is 1. The molecule has 1 heterocycles. The number of urea groups is 1. The minimum absolute atomic E-state index is 0.153. The second-order valence-electron chi connectivity index (χ2n) is 5.65. The van der Waals surface area contributed by atoms with Crippen LogP contribution in [0.4, 0.5) is 10.5 Å². The van der Waals surface area contributed by atoms with Gasteiger partial charge in [-0.1, -0.05) is 11.6 Å². The van der Waals surface area contributed by atoms with Gasteiger partial charge in [0.25, 0.3) is 0 Å². The molecule has 1 atom stereocenters. The Hall–Kier alpha value is -2.15. The molecule has 1 fully saturated rings. The molecule has 1 aliphatic rings. The van der Waals surface area contributed by atoms with Crippen molar-refractivity contribution in [3.63, 3.8) is 0 Å². The number of nitrogens with one attached hydrogen (secondary N) is 1. The van der Waals surface area contributed by atoms with E-state index < -0.39 is 17.4 Å². The van der Waals surface area contributed by atoms with Gasteiger partial charge in [-0.2, -0.15) is 0 Å². The number of anilines is 1. The topological polar surface area (TPSA) is 88.1 Å². The number of aliphatic carboxylic acids is 1. The van der Waals surface area contributed by atoms with Crippen molar-refractivity contribution in [1.82, 2.24) is 4.90 Å². The molecule has 0 aliphatic carbocycles. The van der Waals surface area contributed by atoms with Gasteiger partial charge in [0.05, 0.1) is 30.3 Å². The molecular weight excluding hydrogens is 324 g/mol. The summed E-state index contributed by atoms with van der Waals surface area (Å²) in [5.41, 5.74) is -0.522. The monoisotopic (exact) mass is 342 g/mol. The lowest BCUT2D eigenvalue weighted by atomic mass is 9.90. The number of ether oxygens (including phenoxy) is 2. The number of carbonyl (C=O) groups is 2. The minimum Gasteiger partial charge on any atom is -0.495 e. The van der Waals surface area contributed by atoms with Crippen LogP contribution in [0.3, 0.4) is 0 Å². The third-order valence-corrected chi connectivity index (χ3v) is 4.29. The number of carboxylic acid groups (broad SMARTS) is 1. The van der Waals surface area contributed by atoms with E-state index in [9.17, 15) is 14.7 Å². The van der Waals surface area contributed by atoms with Gasteiger partial charge < -0.3 is 24.8 Å². The molecule has 126 valence electrons. The van der Waals surface area contributed by atoms with Crippen LogP contribution in [-0.2, 0) is 4.79 Å². The summed E-state index contributed by atoms with van der Waals surface area (Å²) < 4.78 is 10.3. The van der Waals surface area contributed by atoms with Gasteiger partial charge in [0.2, 0.25) is 0 Å². The van der Waals surface area contributed by atoms with Crippen LogP contribution in [0.15, 0.2) is 12.1 Å². The summed E-state index contributed by atoms with van der Waals surface area (Å²) in [6.45, 7) is 2.16. The highest BCUT2D eigenvalue weighted by molar-refractivity contribution is 6.32. The first-order valence-corrected chi connectivity index (χ1v) is 7.39. The first kappa shape index (κ1) is 17.2. The zero-order chi connectivity index (χ0) is 17.2. The SMILES string of the molecule is COc1cc(OC)c(NC(=O)N2CCC(C)(C(=O)O)C2)cc1Cl. The predicted octanol–water partition coefficient (Wildman–Crippen LogP) is 2.69. The summed E-state index contributed by atoms with van der Waals surface area (Å²) in [6.07, 6.45) is 0.413. The quantitative estimate of drug-likeness (QED) is 0.878. The maximum atomic E-state index is 12.4. The average molecular weight is 343 g/mol. The summed E-state index contributed by atoms with van der Waals surface area (Å²) in [4.78, 5) is 25.1. The molecule has 0 aromatic heterocycles. The maximum absolute atomic E-state index is 12.4. The minimum atomic E-state index is -0.918. The molecule has 0 bridgehead atoms. The Labute approximate surface area is 139 Å². The Kier molecular flexibility index (Phi) is 4.89. The molecule has 23 heavy (non-hydrogen) atoms. The van der Waals surface area contributed by atoms with Crippen LogP contribution in [0, 0.1) is 5.41 Å². The molecule has 0 radical (unpaired) electrons. The van der Waals surface area contributed by atoms with Gasteiger partial charge in [-0.15, -0.1) is 0 Å². The van der Waals surface area contributed by atoms with E-state index in [0.29, 0.717) is 35.2 Å². The van der Waals surface area contributed by atoms with Crippen molar-refractivity contribution in [2.45, 2.75) is 13.3 Å². The first-order chi connectivity index (χ1) is 10.8. The standard InChI is InChI=1S/C15H19ClN2O5/c1-15(13(19)20)4-5-18(8-15)14(21)17-10-6-9(16)11(22-2)7-12(10)23-3/h6-7H,4-5,8H2,1-3H3,(H,17,21)(H,19,20). The van der Waals surface area contributed by atoms with Crippen molar-refractivity contribution in [2.75, 3.05) is 32.6 Å². The fourth-order valence-electron chi connectivity index (χ4n) is 2.46. The number of likely N-dealkylation sites (tertiary alicyclic amines) is 1. The third kappa shape index (κ3) is 3.44. The Morgan fingerprint density at radius 1 is 1.30 bits per heavy atom. The zero-order valence-electron chi connectivity index (χ0n) is 13.2. The highest BCUT2D eigenvalue weighted by Gasteiger charge is 2.42. The Bertz CT molecular complexity index is 637. The first-order valence-electron chi connectivity index (χ1n) is 7.01. The number of hydrogen-bond acceptors (Lipinski definition) is 4. The lowest BCUT2D eigenvalue weighted by Crippen LogP contribution is -2.37. The molecule has 0 saturated carbocycles. The normalized spacial score (nSPS) is 20.3. The Morgan fingerprint density at radius 2 is 1.96 bits per heavy atom. The van der Waals surface area contributed by atoms with Gasteiger partial charge in [-0.05, 0) is 19.4 Å². The van der Waals surface area contributed by atoms with Crippen LogP contribution in [0.1, 0.15) is 13.3 Å². The molecule has 1 saturated heterocycles. The zero-order valence-corrected chi connectivity index (χ0v) is 13.9. The van der Waals surface area contributed by atoms with E-state index in [1.165, 1.54) is 25.2 Å². The maximum Gasteiger partial charge on any atom is 0.321 e. The van der Waals surface area contributed by atoms with Crippen LogP contribution in [-0.4, -0.2) is 49.3 Å². The molecule has 8 heteroatoms. The van der Waals surface area contributed by atoms with Crippen molar-refractivity contribution in [3.05, 3.63) is 17.2 Å². The number of rotatable bonds is 4. The van der Waals surface area contributed by atoms with Crippen molar-refractivity contribution >= 4 is 29.3 Å². The van der Waals surface area contributed by atoms with E-state index in [2.05, 4.69) is 5.32 Å². The van der Waals surface area contributed by atoms with E-state index in [1.807, 2.05) is 0 Å². The fraction of sp³-hybridized carbons (Fsp3) is 0.467. The lowest BCUT2D eigenvalue weighted by Gasteiger charge is -2.21. The number of amides is 2. The second-order valence-corrected chi connectivity index (χ2v) is 6.06. The smallest absolute Gasteiger partial charge is 0.321 e. The van der Waals surface area contributed by atoms with Crippen molar-refractivity contribution in [3.8, 4) is 11.5 Å². The van der Waals surface area contributed by atoms with E-state index in [1.54, 1.807) is 13.0 Å². The molecule has 2 amide bonds. The van der Waals surface area contributed by atoms with Crippen LogP contribution in [0.25, 0.3) is 0 Å². The molecule has 1 unspecified atom stereocenters. The van der Waals surface area contributed by atoms with E-state index in [0.717, 1.165) is 0 Å². The summed E-state index contributed by atoms with van der Waals surface area (Å²) >= 11 is 6.07. The van der Waals surface area contributed by atoms with Gasteiger partial charge >= 0.3 is 12.0 Å². The highest BCUT2D eigenvalue weighted by atomic mass is 35.5. The van der Waals surface area contributed by atoms with Crippen LogP contribution in [0.5, 0.6) is 11.5 Å². The molecule has 1 aliphatic heterocycles. The molecule has 2 N–H and O–H groups in total. The van der Waals surface area contributed by atoms with E-state index in [4.69, 9.17) is 21.1 Å². The highest BCUT2D eigenvalue weighted by Crippen LogP contribution is 2.36. The molecule has 1 aromatic rings. The molecule has 2 rings (SSSR count). The van der Waals surface area contributed by atoms with E-state index >= 15 is 0 Å². The number of methoxy groups -OCH3 is 2. The summed E-state index contributed by atoms with van der Waals surface area (Å²) in [6, 6.07) is 2.71. The number of carboxylic acids is 1. The lowest BCUT2D eigenvalue weighted by molar-refractivity contribution is -0.146. The van der Waals surface area contributed by atoms with Gasteiger partial charge in [0, 0.05) is 19.2 Å². The van der Waals surface area contributed by atoms with Crippen molar-refractivity contribution in [2.24, 2.45) is 5.41 Å². The molecule has 1 aromatic carbocycles. The summed E-state index contributed by atoms with van der Waals surface area (Å²) in [7, 11) is 2.95. The number of hydrogen-bond donors (Lipinski definition) is 2. The van der Waals surface area contributed by atoms with Gasteiger partial charge in [0.15, 0.2) is 0 Å². The predicted molar refractivity (Wildman–Crippen MR) is 85.5 cm³/mol. The summed E-state index contributed by atoms with van der Waals surface area (Å²) in [5.74, 6) is -0.0705. The molecular formula is C15H19ClN2O5. The number of carbonyl (C=O) groups excluding carboxylic acids is 1. The van der Waals surface area contributed by atoms with Gasteiger partial charge in [0.1, 0.15) is 11.5 Å². The third-order valence-electron chi connectivity index (χ3n) is 3.99. The van der Waals surface area contributed by atoms with Gasteiger partial charge in [-0.3, -0.25) is 4.79 Å². The number of benzene rings is 1. The van der Waals surface area contributed by atoms with Crippen LogP contribution < -0.4 is 14.8 Å². The van der Waals surface area contributed by atoms with Gasteiger partial charge in [-0.25, -0.2) is 4.79 Å². The largest absolute Gasteiger partial charge is 0.495 e. The average Bonchev–Trinajstić information content (AvgIpc) is 2.92.